The first-order valence-electron chi connectivity index (χ1n) is 7.73. The topological polar surface area (TPSA) is 64.6 Å². The number of ether oxygens (including phenoxy) is 2. The van der Waals surface area contributed by atoms with Crippen LogP contribution in [-0.2, 0) is 10.0 Å². The molecule has 0 unspecified atom stereocenters. The van der Waals surface area contributed by atoms with E-state index in [2.05, 4.69) is 4.72 Å². The predicted octanol–water partition coefficient (Wildman–Crippen LogP) is 3.01. The Labute approximate surface area is 133 Å². The molecule has 0 saturated heterocycles. The van der Waals surface area contributed by atoms with Gasteiger partial charge in [0.15, 0.2) is 0 Å². The van der Waals surface area contributed by atoms with E-state index in [9.17, 15) is 8.42 Å². The van der Waals surface area contributed by atoms with Crippen molar-refractivity contribution in [3.63, 3.8) is 0 Å². The molecule has 1 aromatic carbocycles. The Balaban J connectivity index is 2.31. The highest BCUT2D eigenvalue weighted by molar-refractivity contribution is 7.89. The molecular weight excluding hydrogens is 302 g/mol. The molecule has 2 rings (SSSR count). The van der Waals surface area contributed by atoms with Crippen LogP contribution < -0.4 is 14.2 Å². The minimum absolute atomic E-state index is 0.00417. The predicted molar refractivity (Wildman–Crippen MR) is 86.1 cm³/mol. The molecule has 0 atom stereocenters. The molecule has 0 aliphatic heterocycles. The molecule has 6 heteroatoms. The highest BCUT2D eigenvalue weighted by atomic mass is 32.2. The molecule has 124 valence electrons. The lowest BCUT2D eigenvalue weighted by atomic mass is 10.1. The normalized spacial score (nSPS) is 17.0. The molecule has 1 fully saturated rings. The first-order chi connectivity index (χ1) is 10.5. The Hall–Kier alpha value is -1.27. The van der Waals surface area contributed by atoms with E-state index in [1.165, 1.54) is 33.1 Å². The molecule has 0 radical (unpaired) electrons. The van der Waals surface area contributed by atoms with E-state index in [0.29, 0.717) is 11.5 Å². The van der Waals surface area contributed by atoms with Crippen molar-refractivity contribution in [2.75, 3.05) is 14.2 Å². The quantitative estimate of drug-likeness (QED) is 0.844. The first-order valence-corrected chi connectivity index (χ1v) is 9.21. The Morgan fingerprint density at radius 1 is 1.00 bits per heavy atom. The van der Waals surface area contributed by atoms with Crippen molar-refractivity contribution < 1.29 is 17.9 Å². The van der Waals surface area contributed by atoms with Gasteiger partial charge in [-0.1, -0.05) is 25.7 Å². The first kappa shape index (κ1) is 17.1. The molecule has 0 bridgehead atoms. The summed E-state index contributed by atoms with van der Waals surface area (Å²) in [6, 6.07) is 3.23. The summed E-state index contributed by atoms with van der Waals surface area (Å²) in [6.45, 7) is 1.86. The molecule has 0 aromatic heterocycles. The number of benzene rings is 1. The third-order valence-electron chi connectivity index (χ3n) is 4.15. The van der Waals surface area contributed by atoms with E-state index in [4.69, 9.17) is 9.47 Å². The van der Waals surface area contributed by atoms with Crippen LogP contribution in [0.5, 0.6) is 11.5 Å². The summed E-state index contributed by atoms with van der Waals surface area (Å²) in [4.78, 5) is 0.140. The Bertz CT molecular complexity index is 605. The molecule has 0 heterocycles. The second-order valence-electron chi connectivity index (χ2n) is 5.78. The van der Waals surface area contributed by atoms with Crippen LogP contribution in [0.3, 0.4) is 0 Å². The van der Waals surface area contributed by atoms with Gasteiger partial charge in [-0.2, -0.15) is 0 Å². The average Bonchev–Trinajstić information content (AvgIpc) is 2.74. The lowest BCUT2D eigenvalue weighted by Gasteiger charge is -2.19. The van der Waals surface area contributed by atoms with Crippen LogP contribution in [-0.4, -0.2) is 28.7 Å². The summed E-state index contributed by atoms with van der Waals surface area (Å²) in [5, 5.41) is 0. The lowest BCUT2D eigenvalue weighted by molar-refractivity contribution is 0.389. The average molecular weight is 327 g/mol. The number of methoxy groups -OCH3 is 2. The zero-order valence-electron chi connectivity index (χ0n) is 13.5. The van der Waals surface area contributed by atoms with Crippen LogP contribution in [0.4, 0.5) is 0 Å². The fourth-order valence-corrected chi connectivity index (χ4v) is 4.38. The smallest absolute Gasteiger partial charge is 0.244 e. The van der Waals surface area contributed by atoms with Gasteiger partial charge in [0.1, 0.15) is 16.4 Å². The summed E-state index contributed by atoms with van der Waals surface area (Å²) in [5.41, 5.74) is 0.841. The zero-order valence-corrected chi connectivity index (χ0v) is 14.3. The maximum absolute atomic E-state index is 12.7. The van der Waals surface area contributed by atoms with Gasteiger partial charge in [-0.25, -0.2) is 13.1 Å². The van der Waals surface area contributed by atoms with Crippen molar-refractivity contribution in [1.29, 1.82) is 0 Å². The van der Waals surface area contributed by atoms with Gasteiger partial charge in [-0.05, 0) is 31.4 Å². The molecular formula is C16H25NO4S. The molecule has 1 N–H and O–H groups in total. The van der Waals surface area contributed by atoms with Crippen molar-refractivity contribution in [2.45, 2.75) is 56.4 Å². The van der Waals surface area contributed by atoms with Crippen LogP contribution in [0.15, 0.2) is 17.0 Å². The fraction of sp³-hybridized carbons (Fsp3) is 0.625. The third-order valence-corrected chi connectivity index (χ3v) is 5.69. The summed E-state index contributed by atoms with van der Waals surface area (Å²) in [6.07, 6.45) is 6.29. The van der Waals surface area contributed by atoms with E-state index in [1.54, 1.807) is 6.07 Å². The van der Waals surface area contributed by atoms with Gasteiger partial charge < -0.3 is 9.47 Å². The number of hydrogen-bond acceptors (Lipinski definition) is 4. The van der Waals surface area contributed by atoms with Crippen molar-refractivity contribution in [2.24, 2.45) is 0 Å². The fourth-order valence-electron chi connectivity index (χ4n) is 2.91. The lowest BCUT2D eigenvalue weighted by Crippen LogP contribution is -2.34. The van der Waals surface area contributed by atoms with E-state index in [0.717, 1.165) is 31.2 Å². The van der Waals surface area contributed by atoms with Gasteiger partial charge in [0.25, 0.3) is 0 Å². The van der Waals surface area contributed by atoms with E-state index in [-0.39, 0.29) is 10.9 Å². The highest BCUT2D eigenvalue weighted by Crippen LogP contribution is 2.32. The number of sulfonamides is 1. The van der Waals surface area contributed by atoms with E-state index in [1.807, 2.05) is 6.92 Å². The molecule has 1 aliphatic carbocycles. The number of aryl methyl sites for hydroxylation is 1. The summed E-state index contributed by atoms with van der Waals surface area (Å²) in [5.74, 6) is 0.890. The van der Waals surface area contributed by atoms with Gasteiger partial charge in [0.2, 0.25) is 10.0 Å². The van der Waals surface area contributed by atoms with Crippen molar-refractivity contribution >= 4 is 10.0 Å². The molecule has 1 saturated carbocycles. The maximum atomic E-state index is 12.7. The number of hydrogen-bond donors (Lipinski definition) is 1. The molecule has 0 amide bonds. The van der Waals surface area contributed by atoms with Gasteiger partial charge >= 0.3 is 0 Å². The number of nitrogens with one attached hydrogen (secondary N) is 1. The molecule has 1 aliphatic rings. The SMILES string of the molecule is COc1cc(S(=O)(=O)NC2CCCCCC2)c(OC)cc1C. The second-order valence-corrected chi connectivity index (χ2v) is 7.46. The zero-order chi connectivity index (χ0) is 16.2. The van der Waals surface area contributed by atoms with Crippen LogP contribution in [0, 0.1) is 6.92 Å². The molecule has 22 heavy (non-hydrogen) atoms. The van der Waals surface area contributed by atoms with Crippen LogP contribution in [0.1, 0.15) is 44.1 Å². The monoisotopic (exact) mass is 327 g/mol. The van der Waals surface area contributed by atoms with Crippen molar-refractivity contribution in [1.82, 2.24) is 4.72 Å². The van der Waals surface area contributed by atoms with Gasteiger partial charge in [0, 0.05) is 12.1 Å². The molecule has 5 nitrogen and oxygen atoms in total. The summed E-state index contributed by atoms with van der Waals surface area (Å²) in [7, 11) is -0.613. The molecule has 1 aromatic rings. The largest absolute Gasteiger partial charge is 0.496 e. The summed E-state index contributed by atoms with van der Waals surface area (Å²) >= 11 is 0. The van der Waals surface area contributed by atoms with Crippen LogP contribution in [0.25, 0.3) is 0 Å². The van der Waals surface area contributed by atoms with E-state index < -0.39 is 10.0 Å². The Morgan fingerprint density at radius 2 is 1.59 bits per heavy atom. The third kappa shape index (κ3) is 3.93. The van der Waals surface area contributed by atoms with Gasteiger partial charge in [-0.15, -0.1) is 0 Å². The van der Waals surface area contributed by atoms with E-state index >= 15 is 0 Å². The summed E-state index contributed by atoms with van der Waals surface area (Å²) < 4.78 is 38.8. The Kier molecular flexibility index (Phi) is 5.69. The molecule has 0 spiro atoms. The van der Waals surface area contributed by atoms with Gasteiger partial charge in [0.05, 0.1) is 14.2 Å². The minimum Gasteiger partial charge on any atom is -0.496 e. The maximum Gasteiger partial charge on any atom is 0.244 e. The van der Waals surface area contributed by atoms with Crippen LogP contribution >= 0.6 is 0 Å². The van der Waals surface area contributed by atoms with Gasteiger partial charge in [-0.3, -0.25) is 0 Å². The van der Waals surface area contributed by atoms with Crippen molar-refractivity contribution in [3.8, 4) is 11.5 Å². The minimum atomic E-state index is -3.62. The Morgan fingerprint density at radius 3 is 2.14 bits per heavy atom. The van der Waals surface area contributed by atoms with Crippen LogP contribution in [0.2, 0.25) is 0 Å². The standard InChI is InChI=1S/C16H25NO4S/c1-12-10-15(21-3)16(11-14(12)20-2)22(18,19)17-13-8-6-4-5-7-9-13/h10-11,13,17H,4-9H2,1-3H3. The highest BCUT2D eigenvalue weighted by Gasteiger charge is 2.25. The second kappa shape index (κ2) is 7.33. The van der Waals surface area contributed by atoms with Crippen molar-refractivity contribution in [3.05, 3.63) is 17.7 Å². The number of rotatable bonds is 5.